The smallest absolute Gasteiger partial charge is 0.270 e. The number of carbonyl (C=O) groups excluding carboxylic acids is 1. The minimum Gasteiger partial charge on any atom is -0.348 e. The summed E-state index contributed by atoms with van der Waals surface area (Å²) in [6.07, 6.45) is 0. The zero-order chi connectivity index (χ0) is 14.5. The largest absolute Gasteiger partial charge is 0.348 e. The molecule has 0 saturated heterocycles. The molecule has 5 nitrogen and oxygen atoms in total. The monoisotopic (exact) mass is 270 g/mol. The van der Waals surface area contributed by atoms with E-state index in [9.17, 15) is 14.9 Å². The highest BCUT2D eigenvalue weighted by atomic mass is 16.6. The van der Waals surface area contributed by atoms with Crippen molar-refractivity contribution in [2.24, 2.45) is 0 Å². The lowest BCUT2D eigenvalue weighted by molar-refractivity contribution is -0.384. The number of nitrogens with one attached hydrogen (secondary N) is 1. The maximum atomic E-state index is 11.9. The van der Waals surface area contributed by atoms with E-state index < -0.39 is 4.92 Å². The molecule has 0 fully saturated rings. The summed E-state index contributed by atoms with van der Waals surface area (Å²) in [5.41, 5.74) is 2.33. The third-order valence-corrected chi connectivity index (χ3v) is 2.89. The van der Waals surface area contributed by atoms with E-state index in [0.717, 1.165) is 11.1 Å². The maximum absolute atomic E-state index is 11.9. The van der Waals surface area contributed by atoms with E-state index >= 15 is 0 Å². The number of benzene rings is 2. The van der Waals surface area contributed by atoms with Gasteiger partial charge in [0.1, 0.15) is 0 Å². The van der Waals surface area contributed by atoms with Crippen LogP contribution in [0.1, 0.15) is 21.5 Å². The number of rotatable bonds is 4. The van der Waals surface area contributed by atoms with Crippen LogP contribution in [0, 0.1) is 17.0 Å². The molecule has 1 amide bonds. The van der Waals surface area contributed by atoms with E-state index in [-0.39, 0.29) is 17.2 Å². The Labute approximate surface area is 116 Å². The molecule has 1 N–H and O–H groups in total. The van der Waals surface area contributed by atoms with Crippen LogP contribution in [0.5, 0.6) is 0 Å². The van der Waals surface area contributed by atoms with Gasteiger partial charge in [0.15, 0.2) is 0 Å². The Hall–Kier alpha value is -2.69. The quantitative estimate of drug-likeness (QED) is 0.685. The Morgan fingerprint density at radius 1 is 1.20 bits per heavy atom. The van der Waals surface area contributed by atoms with Crippen molar-refractivity contribution in [3.63, 3.8) is 0 Å². The van der Waals surface area contributed by atoms with Gasteiger partial charge in [-0.05, 0) is 18.6 Å². The average molecular weight is 270 g/mol. The number of amides is 1. The van der Waals surface area contributed by atoms with Gasteiger partial charge in [0, 0.05) is 24.2 Å². The van der Waals surface area contributed by atoms with Crippen molar-refractivity contribution in [2.45, 2.75) is 13.5 Å². The second kappa shape index (κ2) is 5.97. The molecule has 0 aliphatic heterocycles. The van der Waals surface area contributed by atoms with Crippen LogP contribution in [-0.4, -0.2) is 10.8 Å². The number of nitro benzene ring substituents is 1. The molecular weight excluding hydrogens is 256 g/mol. The molecule has 0 aromatic heterocycles. The molecule has 5 heteroatoms. The Balaban J connectivity index is 2.03. The van der Waals surface area contributed by atoms with Crippen LogP contribution < -0.4 is 5.32 Å². The highest BCUT2D eigenvalue weighted by Gasteiger charge is 2.10. The highest BCUT2D eigenvalue weighted by Crippen LogP contribution is 2.13. The minimum absolute atomic E-state index is 0.0898. The second-order valence-corrected chi connectivity index (χ2v) is 4.48. The van der Waals surface area contributed by atoms with Gasteiger partial charge in [-0.15, -0.1) is 0 Å². The van der Waals surface area contributed by atoms with Crippen molar-refractivity contribution in [1.29, 1.82) is 0 Å². The molecule has 20 heavy (non-hydrogen) atoms. The van der Waals surface area contributed by atoms with E-state index in [0.29, 0.717) is 6.54 Å². The van der Waals surface area contributed by atoms with Gasteiger partial charge in [0.25, 0.3) is 11.6 Å². The van der Waals surface area contributed by atoms with Crippen LogP contribution in [0.15, 0.2) is 48.5 Å². The van der Waals surface area contributed by atoms with Crippen molar-refractivity contribution >= 4 is 11.6 Å². The van der Waals surface area contributed by atoms with E-state index in [1.54, 1.807) is 6.07 Å². The van der Waals surface area contributed by atoms with Crippen molar-refractivity contribution < 1.29 is 9.72 Å². The molecular formula is C15H14N2O3. The predicted molar refractivity (Wildman–Crippen MR) is 75.4 cm³/mol. The van der Waals surface area contributed by atoms with E-state index in [2.05, 4.69) is 5.32 Å². The van der Waals surface area contributed by atoms with Gasteiger partial charge < -0.3 is 5.32 Å². The fraction of sp³-hybridized carbons (Fsp3) is 0.133. The fourth-order valence-electron chi connectivity index (χ4n) is 1.75. The summed E-state index contributed by atoms with van der Waals surface area (Å²) in [6, 6.07) is 13.5. The number of nitrogens with zero attached hydrogens (tertiary/aromatic N) is 1. The third kappa shape index (κ3) is 3.41. The number of aryl methyl sites for hydroxylation is 1. The van der Waals surface area contributed by atoms with Crippen LogP contribution in [0.25, 0.3) is 0 Å². The summed E-state index contributed by atoms with van der Waals surface area (Å²) < 4.78 is 0. The Bertz CT molecular complexity index is 636. The van der Waals surface area contributed by atoms with Crippen LogP contribution in [0.3, 0.4) is 0 Å². The first-order valence-corrected chi connectivity index (χ1v) is 6.14. The van der Waals surface area contributed by atoms with E-state index in [1.165, 1.54) is 18.2 Å². The summed E-state index contributed by atoms with van der Waals surface area (Å²) >= 11 is 0. The lowest BCUT2D eigenvalue weighted by atomic mass is 10.1. The van der Waals surface area contributed by atoms with Crippen LogP contribution in [0.2, 0.25) is 0 Å². The SMILES string of the molecule is Cc1ccc(CNC(=O)c2cccc([N+](=O)[O-])c2)cc1. The van der Waals surface area contributed by atoms with E-state index in [4.69, 9.17) is 0 Å². The molecule has 0 bridgehead atoms. The van der Waals surface area contributed by atoms with Gasteiger partial charge in [0.05, 0.1) is 4.92 Å². The number of non-ortho nitro benzene ring substituents is 1. The van der Waals surface area contributed by atoms with Crippen molar-refractivity contribution in [3.05, 3.63) is 75.3 Å². The lowest BCUT2D eigenvalue weighted by Gasteiger charge is -2.05. The van der Waals surface area contributed by atoms with Crippen molar-refractivity contribution in [3.8, 4) is 0 Å². The number of carbonyl (C=O) groups is 1. The Kier molecular flexibility index (Phi) is 4.10. The number of hydrogen-bond acceptors (Lipinski definition) is 3. The summed E-state index contributed by atoms with van der Waals surface area (Å²) in [5, 5.41) is 13.4. The fourth-order valence-corrected chi connectivity index (χ4v) is 1.75. The van der Waals surface area contributed by atoms with Crippen molar-refractivity contribution in [2.75, 3.05) is 0 Å². The standard InChI is InChI=1S/C15H14N2O3/c1-11-5-7-12(8-6-11)10-16-15(18)13-3-2-4-14(9-13)17(19)20/h2-9H,10H2,1H3,(H,16,18). The lowest BCUT2D eigenvalue weighted by Crippen LogP contribution is -2.22. The molecule has 2 aromatic carbocycles. The summed E-state index contributed by atoms with van der Waals surface area (Å²) in [6.45, 7) is 2.38. The molecule has 0 aliphatic rings. The summed E-state index contributed by atoms with van der Waals surface area (Å²) in [4.78, 5) is 22.1. The maximum Gasteiger partial charge on any atom is 0.270 e. The molecule has 2 rings (SSSR count). The zero-order valence-electron chi connectivity index (χ0n) is 11.0. The first-order valence-electron chi connectivity index (χ1n) is 6.14. The predicted octanol–water partition coefficient (Wildman–Crippen LogP) is 2.83. The molecule has 102 valence electrons. The zero-order valence-corrected chi connectivity index (χ0v) is 11.0. The van der Waals surface area contributed by atoms with E-state index in [1.807, 2.05) is 31.2 Å². The van der Waals surface area contributed by atoms with Gasteiger partial charge in [0.2, 0.25) is 0 Å². The normalized spacial score (nSPS) is 10.1. The van der Waals surface area contributed by atoms with Gasteiger partial charge in [-0.1, -0.05) is 35.9 Å². The van der Waals surface area contributed by atoms with Crippen LogP contribution >= 0.6 is 0 Å². The van der Waals surface area contributed by atoms with Crippen LogP contribution in [-0.2, 0) is 6.54 Å². The first-order chi connectivity index (χ1) is 9.56. The Morgan fingerprint density at radius 2 is 1.90 bits per heavy atom. The average Bonchev–Trinajstić information content (AvgIpc) is 2.46. The van der Waals surface area contributed by atoms with Crippen molar-refractivity contribution in [1.82, 2.24) is 5.32 Å². The first kappa shape index (κ1) is 13.7. The molecule has 0 aliphatic carbocycles. The molecule has 2 aromatic rings. The number of hydrogen-bond donors (Lipinski definition) is 1. The topological polar surface area (TPSA) is 72.2 Å². The van der Waals surface area contributed by atoms with Crippen LogP contribution in [0.4, 0.5) is 5.69 Å². The molecule has 0 saturated carbocycles. The molecule has 0 unspecified atom stereocenters. The van der Waals surface area contributed by atoms with Gasteiger partial charge in [-0.2, -0.15) is 0 Å². The van der Waals surface area contributed by atoms with Gasteiger partial charge in [-0.25, -0.2) is 0 Å². The van der Waals surface area contributed by atoms with Gasteiger partial charge >= 0.3 is 0 Å². The Morgan fingerprint density at radius 3 is 2.55 bits per heavy atom. The summed E-state index contributed by atoms with van der Waals surface area (Å²) in [7, 11) is 0. The summed E-state index contributed by atoms with van der Waals surface area (Å²) in [5.74, 6) is -0.325. The minimum atomic E-state index is -0.517. The molecule has 0 spiro atoms. The second-order valence-electron chi connectivity index (χ2n) is 4.48. The van der Waals surface area contributed by atoms with Gasteiger partial charge in [-0.3, -0.25) is 14.9 Å². The highest BCUT2D eigenvalue weighted by molar-refractivity contribution is 5.94. The number of nitro groups is 1. The third-order valence-electron chi connectivity index (χ3n) is 2.89. The molecule has 0 atom stereocenters. The molecule has 0 heterocycles. The molecule has 0 radical (unpaired) electrons.